The Morgan fingerprint density at radius 1 is 1.57 bits per heavy atom. The van der Waals surface area contributed by atoms with Crippen LogP contribution >= 0.6 is 0 Å². The first-order valence-corrected chi connectivity index (χ1v) is 4.37. The summed E-state index contributed by atoms with van der Waals surface area (Å²) in [6.45, 7) is 0.573. The van der Waals surface area contributed by atoms with E-state index >= 15 is 0 Å². The third kappa shape index (κ3) is 1.95. The molecule has 1 heterocycles. The summed E-state index contributed by atoms with van der Waals surface area (Å²) in [5.41, 5.74) is 1.04. The molecule has 6 nitrogen and oxygen atoms in total. The van der Waals surface area contributed by atoms with Gasteiger partial charge in [0, 0.05) is 13.2 Å². The van der Waals surface area contributed by atoms with E-state index in [-0.39, 0.29) is 12.3 Å². The van der Waals surface area contributed by atoms with Gasteiger partial charge in [-0.15, -0.1) is 0 Å². The Morgan fingerprint density at radius 3 is 2.64 bits per heavy atom. The molecule has 0 unspecified atom stereocenters. The van der Waals surface area contributed by atoms with Crippen molar-refractivity contribution in [3.05, 3.63) is 10.1 Å². The monoisotopic (exact) mass is 195 g/mol. The lowest BCUT2D eigenvalue weighted by molar-refractivity contribution is -0.382. The van der Waals surface area contributed by atoms with Crippen LogP contribution in [0.3, 0.4) is 0 Å². The largest absolute Gasteiger partial charge is 0.396 e. The average Bonchev–Trinajstić information content (AvgIpc) is 2.38. The van der Waals surface area contributed by atoms with Gasteiger partial charge in [-0.2, -0.15) is 5.10 Å². The molecule has 0 saturated carbocycles. The zero-order chi connectivity index (χ0) is 10.7. The molecule has 0 radical (unpaired) electrons. The van der Waals surface area contributed by atoms with E-state index in [0.717, 1.165) is 0 Å². The number of rotatable bonds is 4. The molecule has 0 saturated heterocycles. The molecular formula is C6H11B2N3O3. The van der Waals surface area contributed by atoms with E-state index in [0.29, 0.717) is 24.2 Å². The summed E-state index contributed by atoms with van der Waals surface area (Å²) in [4.78, 5) is 10.2. The fourth-order valence-corrected chi connectivity index (χ4v) is 1.39. The van der Waals surface area contributed by atoms with E-state index < -0.39 is 4.92 Å². The maximum Gasteiger partial charge on any atom is 0.293 e. The highest BCUT2D eigenvalue weighted by Crippen LogP contribution is 2.00. The van der Waals surface area contributed by atoms with Crippen molar-refractivity contribution in [3.63, 3.8) is 0 Å². The Hall–Kier alpha value is -1.30. The lowest BCUT2D eigenvalue weighted by atomic mass is 9.95. The average molecular weight is 195 g/mol. The Morgan fingerprint density at radius 2 is 2.21 bits per heavy atom. The summed E-state index contributed by atoms with van der Waals surface area (Å²) in [5, 5.41) is 23.3. The molecule has 0 aromatic carbocycles. The van der Waals surface area contributed by atoms with Crippen molar-refractivity contribution >= 4 is 32.6 Å². The van der Waals surface area contributed by atoms with Crippen LogP contribution in [0.4, 0.5) is 5.69 Å². The molecule has 1 aromatic rings. The number of aryl methyl sites for hydroxylation is 1. The molecule has 0 spiro atoms. The summed E-state index contributed by atoms with van der Waals surface area (Å²) in [6, 6.07) is 0. The van der Waals surface area contributed by atoms with Crippen LogP contribution in [-0.4, -0.2) is 42.1 Å². The van der Waals surface area contributed by atoms with E-state index in [1.165, 1.54) is 0 Å². The van der Waals surface area contributed by atoms with Crippen molar-refractivity contribution in [2.45, 2.75) is 13.0 Å². The minimum Gasteiger partial charge on any atom is -0.396 e. The minimum absolute atomic E-state index is 0.0617. The molecule has 0 fully saturated rings. The first kappa shape index (κ1) is 10.8. The van der Waals surface area contributed by atoms with Gasteiger partial charge < -0.3 is 5.11 Å². The topological polar surface area (TPSA) is 81.2 Å². The van der Waals surface area contributed by atoms with Crippen molar-refractivity contribution < 1.29 is 10.0 Å². The first-order chi connectivity index (χ1) is 6.57. The highest BCUT2D eigenvalue weighted by Gasteiger charge is 2.20. The number of nitrogens with zero attached hydrogens (tertiary/aromatic N) is 3. The summed E-state index contributed by atoms with van der Waals surface area (Å²) in [5.74, 6) is 0. The normalized spacial score (nSPS) is 10.4. The lowest BCUT2D eigenvalue weighted by Crippen LogP contribution is -2.21. The second-order valence-electron chi connectivity index (χ2n) is 3.08. The highest BCUT2D eigenvalue weighted by atomic mass is 16.6. The smallest absolute Gasteiger partial charge is 0.293 e. The standard InChI is InChI=1S/C6H11B2N3O3/c7-5-4(11(13)14)6(8)10(9-5)2-1-3-12/h12H,1-3,7-8H2. The van der Waals surface area contributed by atoms with E-state index in [1.807, 2.05) is 0 Å². The molecule has 0 aliphatic heterocycles. The SMILES string of the molecule is Bc1nn(CCCO)c(B)c1[N+](=O)[O-]. The Kier molecular flexibility index (Phi) is 3.29. The van der Waals surface area contributed by atoms with Crippen molar-refractivity contribution in [2.75, 3.05) is 6.61 Å². The zero-order valence-electron chi connectivity index (χ0n) is 8.23. The summed E-state index contributed by atoms with van der Waals surface area (Å²) in [6.07, 6.45) is 0.555. The molecular weight excluding hydrogens is 184 g/mol. The van der Waals surface area contributed by atoms with Gasteiger partial charge in [0.15, 0.2) is 15.7 Å². The number of aliphatic hydroxyl groups is 1. The number of nitro groups is 1. The van der Waals surface area contributed by atoms with Gasteiger partial charge >= 0.3 is 0 Å². The van der Waals surface area contributed by atoms with Gasteiger partial charge in [-0.3, -0.25) is 14.8 Å². The Balaban J connectivity index is 2.98. The molecule has 0 aliphatic carbocycles. The molecule has 74 valence electrons. The second kappa shape index (κ2) is 4.28. The van der Waals surface area contributed by atoms with Gasteiger partial charge in [0.25, 0.3) is 5.69 Å². The summed E-state index contributed by atoms with van der Waals surface area (Å²) in [7, 11) is 3.27. The van der Waals surface area contributed by atoms with E-state index in [9.17, 15) is 10.1 Å². The molecule has 0 bridgehead atoms. The van der Waals surface area contributed by atoms with Crippen LogP contribution in [0, 0.1) is 10.1 Å². The van der Waals surface area contributed by atoms with Crippen LogP contribution in [-0.2, 0) is 6.54 Å². The third-order valence-corrected chi connectivity index (χ3v) is 2.05. The lowest BCUT2D eigenvalue weighted by Gasteiger charge is -2.00. The van der Waals surface area contributed by atoms with Gasteiger partial charge in [-0.25, -0.2) is 0 Å². The van der Waals surface area contributed by atoms with E-state index in [2.05, 4.69) is 5.10 Å². The molecule has 1 rings (SSSR count). The van der Waals surface area contributed by atoms with Crippen molar-refractivity contribution in [1.82, 2.24) is 9.78 Å². The first-order valence-electron chi connectivity index (χ1n) is 4.37. The predicted molar refractivity (Wildman–Crippen MR) is 56.9 cm³/mol. The van der Waals surface area contributed by atoms with E-state index in [1.54, 1.807) is 20.4 Å². The van der Waals surface area contributed by atoms with Crippen molar-refractivity contribution in [3.8, 4) is 0 Å². The molecule has 1 aromatic heterocycles. The fraction of sp³-hybridized carbons (Fsp3) is 0.500. The summed E-state index contributed by atoms with van der Waals surface area (Å²) < 4.78 is 1.56. The van der Waals surface area contributed by atoms with Crippen LogP contribution in [0.15, 0.2) is 0 Å². The molecule has 8 heteroatoms. The minimum atomic E-state index is -0.423. The van der Waals surface area contributed by atoms with Gasteiger partial charge in [-0.1, -0.05) is 0 Å². The number of aromatic nitrogens is 2. The maximum absolute atomic E-state index is 10.6. The highest BCUT2D eigenvalue weighted by molar-refractivity contribution is 6.41. The summed E-state index contributed by atoms with van der Waals surface area (Å²) >= 11 is 0. The maximum atomic E-state index is 10.6. The predicted octanol–water partition coefficient (Wildman–Crippen LogP) is -3.31. The van der Waals surface area contributed by atoms with Gasteiger partial charge in [-0.05, 0) is 6.42 Å². The van der Waals surface area contributed by atoms with Gasteiger partial charge in [0.1, 0.15) is 0 Å². The third-order valence-electron chi connectivity index (χ3n) is 2.05. The number of hydrogen-bond acceptors (Lipinski definition) is 4. The quantitative estimate of drug-likeness (QED) is 0.309. The molecule has 1 N–H and O–H groups in total. The van der Waals surface area contributed by atoms with Crippen LogP contribution in [0.2, 0.25) is 0 Å². The molecule has 0 aliphatic rings. The fourth-order valence-electron chi connectivity index (χ4n) is 1.39. The van der Waals surface area contributed by atoms with Gasteiger partial charge in [0.05, 0.1) is 16.1 Å². The van der Waals surface area contributed by atoms with Crippen LogP contribution < -0.4 is 11.2 Å². The van der Waals surface area contributed by atoms with Crippen molar-refractivity contribution in [2.24, 2.45) is 0 Å². The molecule has 0 atom stereocenters. The van der Waals surface area contributed by atoms with Gasteiger partial charge in [0.2, 0.25) is 0 Å². The second-order valence-corrected chi connectivity index (χ2v) is 3.08. The molecule has 0 amide bonds. The number of aliphatic hydroxyl groups excluding tert-OH is 1. The van der Waals surface area contributed by atoms with Crippen LogP contribution in [0.25, 0.3) is 0 Å². The zero-order valence-corrected chi connectivity index (χ0v) is 8.23. The molecule has 14 heavy (non-hydrogen) atoms. The Labute approximate surface area is 82.9 Å². The van der Waals surface area contributed by atoms with Crippen LogP contribution in [0.5, 0.6) is 0 Å². The Bertz CT molecular complexity index is 352. The van der Waals surface area contributed by atoms with E-state index in [4.69, 9.17) is 5.11 Å². The van der Waals surface area contributed by atoms with Crippen molar-refractivity contribution in [1.29, 1.82) is 0 Å². The number of hydrogen-bond donors (Lipinski definition) is 1. The van der Waals surface area contributed by atoms with Crippen LogP contribution in [0.1, 0.15) is 6.42 Å².